The molecule has 0 saturated heterocycles. The summed E-state index contributed by atoms with van der Waals surface area (Å²) in [4.78, 5) is 68.8. The Labute approximate surface area is 623 Å². The maximum atomic E-state index is 13.8. The van der Waals surface area contributed by atoms with E-state index in [1.165, 1.54) is 70.4 Å². The molecule has 0 bridgehead atoms. The maximum absolute atomic E-state index is 13.8. The fourth-order valence-electron chi connectivity index (χ4n) is 13.8. The molecule has 6 aromatic carbocycles. The molecule has 29 radical (unpaired) electrons. The van der Waals surface area contributed by atoms with Crippen LogP contribution in [-0.4, -0.2) is 236 Å². The molecule has 465 valence electrons. The summed E-state index contributed by atoms with van der Waals surface area (Å²) in [6, 6.07) is 32.9. The number of ether oxygens (including phenoxy) is 2. The highest BCUT2D eigenvalue weighted by Crippen LogP contribution is 2.50. The lowest BCUT2D eigenvalue weighted by atomic mass is 8.46. The molecular formula is C60H60B25Cl2F2N4O7. The fourth-order valence-corrected chi connectivity index (χ4v) is 14.2. The average Bonchev–Trinajstić information content (AvgIpc) is 1.62. The summed E-state index contributed by atoms with van der Waals surface area (Å²) in [6.45, 7) is 3.48. The summed E-state index contributed by atoms with van der Waals surface area (Å²) in [6.07, 6.45) is 2.90. The summed E-state index contributed by atoms with van der Waals surface area (Å²) >= 11 is 12.1. The highest BCUT2D eigenvalue weighted by Gasteiger charge is 2.44. The number of carbonyl (C=O) groups excluding carboxylic acids is 5. The number of benzene rings is 6. The van der Waals surface area contributed by atoms with Crippen molar-refractivity contribution in [3.8, 4) is 11.5 Å². The zero-order valence-corrected chi connectivity index (χ0v) is 57.3. The molecule has 10 rings (SSSR count). The number of nitrogens with one attached hydrogen (secondary N) is 2. The molecule has 2 heterocycles. The van der Waals surface area contributed by atoms with Gasteiger partial charge in [-0.3, -0.25) is 24.0 Å². The van der Waals surface area contributed by atoms with Crippen molar-refractivity contribution in [3.05, 3.63) is 176 Å². The van der Waals surface area contributed by atoms with E-state index in [0.29, 0.717) is 65.9 Å². The second-order valence-corrected chi connectivity index (χ2v) is 26.9. The van der Waals surface area contributed by atoms with E-state index in [9.17, 15) is 32.8 Å². The lowest BCUT2D eigenvalue weighted by molar-refractivity contribution is -0.118. The third-order valence-corrected chi connectivity index (χ3v) is 19.5. The second kappa shape index (κ2) is 37.8. The van der Waals surface area contributed by atoms with Crippen molar-refractivity contribution in [1.82, 2.24) is 0 Å². The zero-order valence-electron chi connectivity index (χ0n) is 55.8. The molecule has 11 nitrogen and oxygen atoms in total. The van der Waals surface area contributed by atoms with E-state index in [2.05, 4.69) is 23.6 Å². The van der Waals surface area contributed by atoms with Crippen LogP contribution in [0.25, 0.3) is 0 Å². The molecule has 2 aliphatic heterocycles. The Hall–Kier alpha value is -5.47. The molecule has 2 saturated carbocycles. The molecule has 1 unspecified atom stereocenters. The van der Waals surface area contributed by atoms with Crippen LogP contribution in [0.15, 0.2) is 121 Å². The van der Waals surface area contributed by atoms with Crippen LogP contribution in [0.3, 0.4) is 0 Å². The number of ketones is 1. The molecular weight excluding hydrogens is 1270 g/mol. The van der Waals surface area contributed by atoms with E-state index in [4.69, 9.17) is 141 Å². The number of methoxy groups -OCH3 is 2. The molecule has 3 atom stereocenters. The highest BCUT2D eigenvalue weighted by atomic mass is 35.5. The van der Waals surface area contributed by atoms with E-state index in [1.807, 2.05) is 47.4 Å². The van der Waals surface area contributed by atoms with Crippen molar-refractivity contribution in [2.24, 2.45) is 16.7 Å². The monoisotopic (exact) mass is 1330 g/mol. The number of Topliss-reactive ketones (excluding diaryl/α,β-unsaturated/α-hetero) is 1. The fraction of sp³-hybridized carbons (Fsp3) is 0.317. The SMILES string of the molecule is C.COc1cc(C(=O)N2CC[C@@]3(CCC(=O)C3)Cc3ccccc32)ccc1NC(=O)c1cc(F)ccc1Cl.COc1cc(C(=O)N2CC[C@@]3(CCC(C)C3)Cc3ccccc32)ccc1NC(=O)c1cc(F)ccc1Cl.[B]B([B])B(B([B])[B])B([B])[B].[B][B]B([B])B(B([B])[B])B(B([B])[B])B([B])[B]. The lowest BCUT2D eigenvalue weighted by Gasteiger charge is -2.35. The van der Waals surface area contributed by atoms with Crippen molar-refractivity contribution < 1.29 is 42.2 Å². The highest BCUT2D eigenvalue weighted by molar-refractivity contribution is 8.12. The van der Waals surface area contributed by atoms with Gasteiger partial charge < -0.3 is 29.9 Å². The van der Waals surface area contributed by atoms with Crippen molar-refractivity contribution in [3.63, 3.8) is 0 Å². The Morgan fingerprint density at radius 3 is 1.31 bits per heavy atom. The van der Waals surface area contributed by atoms with Gasteiger partial charge in [-0.15, -0.1) is 0 Å². The van der Waals surface area contributed by atoms with E-state index in [1.54, 1.807) is 41.3 Å². The number of carbonyl (C=O) groups is 5. The number of amides is 4. The molecule has 2 N–H and O–H groups in total. The van der Waals surface area contributed by atoms with Crippen molar-refractivity contribution in [2.45, 2.75) is 78.6 Å². The number of rotatable bonds is 17. The van der Waals surface area contributed by atoms with Gasteiger partial charge in [-0.1, -0.05) is 80.4 Å². The van der Waals surface area contributed by atoms with E-state index in [-0.39, 0.29) is 57.0 Å². The molecule has 40 heteroatoms. The van der Waals surface area contributed by atoms with Gasteiger partial charge in [0.25, 0.3) is 23.6 Å². The van der Waals surface area contributed by atoms with Crippen LogP contribution in [0.2, 0.25) is 10.0 Å². The second-order valence-electron chi connectivity index (χ2n) is 26.0. The Bertz CT molecular complexity index is 3800. The summed E-state index contributed by atoms with van der Waals surface area (Å²) in [5.41, 5.74) is 5.77. The van der Waals surface area contributed by atoms with Crippen molar-refractivity contribution >= 4 is 255 Å². The first kappa shape index (κ1) is 83.5. The van der Waals surface area contributed by atoms with Crippen LogP contribution in [0.1, 0.15) is 118 Å². The van der Waals surface area contributed by atoms with Gasteiger partial charge in [0.15, 0.2) is 0 Å². The number of hydrogen-bond donors (Lipinski definition) is 2. The van der Waals surface area contributed by atoms with Crippen LogP contribution >= 0.6 is 23.2 Å². The van der Waals surface area contributed by atoms with Crippen molar-refractivity contribution in [2.75, 3.05) is 47.7 Å². The molecule has 6 aromatic rings. The standard InChI is InChI=1S/C30H30ClFN2O3.C29H26ClFN2O4.CH4.B15.B10/c1-19-11-12-30(17-19)13-14-34(26-6-4-3-5-21(26)18-30)29(36)20-7-10-25(27(15-20)37-2)33-28(35)23-16-22(32)8-9-24(23)31;1-37-26-14-18(6-9-24(26)32-27(35)22-15-20(31)7-8-23(22)30)28(36)33-13-12-29(11-10-21(34)17-29)16-19-4-2-3-5-25(19)33;;1-9-13(8)15(12(6)7)14(10(2)3)11(4)5;1-7(2)10(8(3)4)9(5)6/h3-10,15-16,19H,11-14,17-18H2,1-2H3,(H,33,35);2-9,14-15H,10-13,16-17H2,1H3,(H,32,35);1H4;;/t19?,30-;29-;;;/m10.../s1. The van der Waals surface area contributed by atoms with Gasteiger partial charge in [-0.2, -0.15) is 0 Å². The number of halogens is 4. The minimum atomic E-state index is -0.754. The van der Waals surface area contributed by atoms with Crippen LogP contribution in [0, 0.1) is 28.4 Å². The minimum absolute atomic E-state index is 0. The molecule has 2 spiro atoms. The van der Waals surface area contributed by atoms with Gasteiger partial charge in [0.1, 0.15) is 28.9 Å². The predicted molar refractivity (Wildman–Crippen MR) is 435 cm³/mol. The van der Waals surface area contributed by atoms with E-state index in [0.717, 1.165) is 61.2 Å². The summed E-state index contributed by atoms with van der Waals surface area (Å²) < 4.78 is 38.3. The number of hydrogen-bond acceptors (Lipinski definition) is 7. The van der Waals surface area contributed by atoms with E-state index < -0.39 is 87.3 Å². The molecule has 4 aliphatic rings. The van der Waals surface area contributed by atoms with Crippen LogP contribution in [-0.2, 0) is 17.6 Å². The molecule has 4 amide bonds. The van der Waals surface area contributed by atoms with Crippen LogP contribution < -0.4 is 29.9 Å². The van der Waals surface area contributed by atoms with E-state index >= 15 is 0 Å². The smallest absolute Gasteiger partial charge is 0.258 e. The van der Waals surface area contributed by atoms with Gasteiger partial charge in [-0.05, 0) is 158 Å². The average molecular weight is 1330 g/mol. The van der Waals surface area contributed by atoms with Gasteiger partial charge in [-0.25, -0.2) is 8.78 Å². The number of para-hydroxylation sites is 2. The normalized spacial score (nSPS) is 16.9. The van der Waals surface area contributed by atoms with Gasteiger partial charge in [0.05, 0.1) is 46.8 Å². The first-order valence-electron chi connectivity index (χ1n) is 32.4. The Kier molecular flexibility index (Phi) is 31.6. The zero-order chi connectivity index (χ0) is 72.8. The number of anilines is 4. The molecule has 2 aliphatic carbocycles. The first-order valence-corrected chi connectivity index (χ1v) is 33.2. The van der Waals surface area contributed by atoms with Gasteiger partial charge in [0.2, 0.25) is 0 Å². The third-order valence-electron chi connectivity index (χ3n) is 18.9. The Balaban J connectivity index is 0.000000235. The molecule has 2 fully saturated rings. The van der Waals surface area contributed by atoms with Crippen molar-refractivity contribution in [1.29, 1.82) is 0 Å². The lowest BCUT2D eigenvalue weighted by Crippen LogP contribution is -2.73. The third kappa shape index (κ3) is 21.4. The first-order chi connectivity index (χ1) is 46.9. The van der Waals surface area contributed by atoms with Gasteiger partial charge in [0, 0.05) is 228 Å². The molecule has 100 heavy (non-hydrogen) atoms. The quantitative estimate of drug-likeness (QED) is 0.130. The minimum Gasteiger partial charge on any atom is -0.495 e. The number of nitrogens with zero attached hydrogens (tertiary/aromatic N) is 2. The largest absolute Gasteiger partial charge is 0.495 e. The Morgan fingerprint density at radius 2 is 0.950 bits per heavy atom. The summed E-state index contributed by atoms with van der Waals surface area (Å²) in [5, 5.41) is 5.65. The van der Waals surface area contributed by atoms with Crippen LogP contribution in [0.5, 0.6) is 11.5 Å². The van der Waals surface area contributed by atoms with Gasteiger partial charge >= 0.3 is 0 Å². The topological polar surface area (TPSA) is 134 Å². The van der Waals surface area contributed by atoms with Crippen LogP contribution in [0.4, 0.5) is 31.5 Å². The Morgan fingerprint density at radius 1 is 0.540 bits per heavy atom. The summed E-state index contributed by atoms with van der Waals surface area (Å²) in [7, 11) is 80.5. The molecule has 0 aromatic heterocycles. The predicted octanol–water partition coefficient (Wildman–Crippen LogP) is 4.33. The summed E-state index contributed by atoms with van der Waals surface area (Å²) in [5.74, 6) is -0.998. The maximum Gasteiger partial charge on any atom is 0.258 e. The number of fused-ring (bicyclic) bond motifs is 2.